The number of carbonyl (C=O) groups excluding carboxylic acids is 1. The lowest BCUT2D eigenvalue weighted by Gasteiger charge is -2.36. The van der Waals surface area contributed by atoms with E-state index in [2.05, 4.69) is 4.98 Å². The molecular formula is C11H16ClN3O. The van der Waals surface area contributed by atoms with Gasteiger partial charge in [0.1, 0.15) is 5.69 Å². The number of amides is 1. The maximum absolute atomic E-state index is 12.1. The molecule has 2 unspecified atom stereocenters. The fraction of sp³-hybridized carbons (Fsp3) is 0.545. The Balaban J connectivity index is 2.10. The average Bonchev–Trinajstić information content (AvgIpc) is 2.64. The van der Waals surface area contributed by atoms with Gasteiger partial charge in [0.05, 0.1) is 5.02 Å². The van der Waals surface area contributed by atoms with Crippen LogP contribution < -0.4 is 5.73 Å². The number of halogens is 1. The highest BCUT2D eigenvalue weighted by atomic mass is 35.5. The smallest absolute Gasteiger partial charge is 0.270 e. The van der Waals surface area contributed by atoms with Crippen molar-refractivity contribution in [1.29, 1.82) is 0 Å². The molecule has 0 aromatic carbocycles. The maximum atomic E-state index is 12.1. The van der Waals surface area contributed by atoms with Gasteiger partial charge in [-0.2, -0.15) is 0 Å². The third-order valence-electron chi connectivity index (χ3n) is 3.06. The van der Waals surface area contributed by atoms with Crippen LogP contribution in [0.3, 0.4) is 0 Å². The molecule has 1 fully saturated rings. The lowest BCUT2D eigenvalue weighted by Crippen LogP contribution is -2.48. The van der Waals surface area contributed by atoms with E-state index in [0.29, 0.717) is 10.7 Å². The summed E-state index contributed by atoms with van der Waals surface area (Å²) in [7, 11) is 0. The molecular weight excluding hydrogens is 226 g/mol. The molecule has 1 aliphatic rings. The van der Waals surface area contributed by atoms with Gasteiger partial charge in [-0.3, -0.25) is 4.79 Å². The summed E-state index contributed by atoms with van der Waals surface area (Å²) < 4.78 is 0. The minimum absolute atomic E-state index is 0.00583. The third-order valence-corrected chi connectivity index (χ3v) is 3.27. The number of nitrogens with zero attached hydrogens (tertiary/aromatic N) is 1. The largest absolute Gasteiger partial charge is 0.356 e. The third kappa shape index (κ3) is 2.23. The predicted molar refractivity (Wildman–Crippen MR) is 63.5 cm³/mol. The van der Waals surface area contributed by atoms with Crippen molar-refractivity contribution in [3.8, 4) is 0 Å². The first-order valence-corrected chi connectivity index (χ1v) is 5.86. The zero-order chi connectivity index (χ0) is 11.7. The number of rotatable bonds is 1. The zero-order valence-corrected chi connectivity index (χ0v) is 10.00. The first-order valence-electron chi connectivity index (χ1n) is 5.48. The summed E-state index contributed by atoms with van der Waals surface area (Å²) in [5, 5.41) is 0.560. The number of carbonyl (C=O) groups is 1. The Bertz CT molecular complexity index is 390. The number of hydrogen-bond acceptors (Lipinski definition) is 2. The first-order chi connectivity index (χ1) is 7.58. The van der Waals surface area contributed by atoms with Gasteiger partial charge in [0.25, 0.3) is 5.91 Å². The standard InChI is InChI=1S/C11H16ClN3O/c1-7-4-9(13)2-3-15(7)11(16)10-5-8(12)6-14-10/h5-7,9,14H,2-4,13H2,1H3. The van der Waals surface area contributed by atoms with Gasteiger partial charge in [-0.25, -0.2) is 0 Å². The Morgan fingerprint density at radius 1 is 1.69 bits per heavy atom. The number of aromatic amines is 1. The quantitative estimate of drug-likeness (QED) is 0.785. The number of hydrogen-bond donors (Lipinski definition) is 2. The van der Waals surface area contributed by atoms with Crippen molar-refractivity contribution in [3.63, 3.8) is 0 Å². The number of aromatic nitrogens is 1. The molecule has 16 heavy (non-hydrogen) atoms. The molecule has 2 heterocycles. The highest BCUT2D eigenvalue weighted by molar-refractivity contribution is 6.30. The SMILES string of the molecule is CC1CC(N)CCN1C(=O)c1cc(Cl)c[nH]1. The molecule has 0 aliphatic carbocycles. The Morgan fingerprint density at radius 2 is 2.44 bits per heavy atom. The Labute approximate surface area is 99.8 Å². The maximum Gasteiger partial charge on any atom is 0.270 e. The first kappa shape index (κ1) is 11.5. The van der Waals surface area contributed by atoms with Gasteiger partial charge < -0.3 is 15.6 Å². The number of likely N-dealkylation sites (tertiary alicyclic amines) is 1. The number of piperidine rings is 1. The van der Waals surface area contributed by atoms with E-state index < -0.39 is 0 Å². The average molecular weight is 242 g/mol. The number of H-pyrrole nitrogens is 1. The van der Waals surface area contributed by atoms with E-state index in [1.165, 1.54) is 0 Å². The van der Waals surface area contributed by atoms with Gasteiger partial charge >= 0.3 is 0 Å². The van der Waals surface area contributed by atoms with Crippen LogP contribution >= 0.6 is 11.6 Å². The van der Waals surface area contributed by atoms with Crippen LogP contribution in [0, 0.1) is 0 Å². The molecule has 1 amide bonds. The molecule has 2 rings (SSSR count). The molecule has 1 saturated heterocycles. The van der Waals surface area contributed by atoms with Crippen LogP contribution in [0.1, 0.15) is 30.3 Å². The van der Waals surface area contributed by atoms with Crippen molar-refractivity contribution in [1.82, 2.24) is 9.88 Å². The molecule has 0 saturated carbocycles. The van der Waals surface area contributed by atoms with E-state index in [1.807, 2.05) is 11.8 Å². The topological polar surface area (TPSA) is 62.1 Å². The van der Waals surface area contributed by atoms with Crippen LogP contribution in [0.2, 0.25) is 5.02 Å². The van der Waals surface area contributed by atoms with Crippen molar-refractivity contribution < 1.29 is 4.79 Å². The number of nitrogens with two attached hydrogens (primary N) is 1. The van der Waals surface area contributed by atoms with E-state index in [1.54, 1.807) is 12.3 Å². The molecule has 4 nitrogen and oxygen atoms in total. The lowest BCUT2D eigenvalue weighted by atomic mass is 9.99. The van der Waals surface area contributed by atoms with Crippen molar-refractivity contribution >= 4 is 17.5 Å². The minimum Gasteiger partial charge on any atom is -0.356 e. The lowest BCUT2D eigenvalue weighted by molar-refractivity contribution is 0.0613. The van der Waals surface area contributed by atoms with Crippen molar-refractivity contribution in [3.05, 3.63) is 23.0 Å². The monoisotopic (exact) mass is 241 g/mol. The summed E-state index contributed by atoms with van der Waals surface area (Å²) >= 11 is 5.78. The van der Waals surface area contributed by atoms with Crippen LogP contribution in [-0.2, 0) is 0 Å². The highest BCUT2D eigenvalue weighted by Crippen LogP contribution is 2.19. The Hall–Kier alpha value is -1.00. The van der Waals surface area contributed by atoms with Gasteiger partial charge in [-0.15, -0.1) is 0 Å². The molecule has 5 heteroatoms. The second kappa shape index (κ2) is 4.47. The summed E-state index contributed by atoms with van der Waals surface area (Å²) in [4.78, 5) is 16.9. The molecule has 1 aromatic rings. The van der Waals surface area contributed by atoms with E-state index in [0.717, 1.165) is 19.4 Å². The van der Waals surface area contributed by atoms with Crippen LogP contribution in [0.4, 0.5) is 0 Å². The zero-order valence-electron chi connectivity index (χ0n) is 9.24. The molecule has 3 N–H and O–H groups in total. The van der Waals surface area contributed by atoms with Gasteiger partial charge in [-0.1, -0.05) is 11.6 Å². The van der Waals surface area contributed by atoms with Gasteiger partial charge in [0, 0.05) is 24.8 Å². The summed E-state index contributed by atoms with van der Waals surface area (Å²) in [6.45, 7) is 2.75. The summed E-state index contributed by atoms with van der Waals surface area (Å²) in [5.74, 6) is 0.00583. The Kier molecular flexibility index (Phi) is 3.21. The minimum atomic E-state index is 0.00583. The summed E-state index contributed by atoms with van der Waals surface area (Å²) in [6.07, 6.45) is 3.35. The second-order valence-electron chi connectivity index (χ2n) is 4.36. The number of nitrogens with one attached hydrogen (secondary N) is 1. The van der Waals surface area contributed by atoms with E-state index >= 15 is 0 Å². The van der Waals surface area contributed by atoms with Crippen LogP contribution in [0.15, 0.2) is 12.3 Å². The van der Waals surface area contributed by atoms with E-state index in [9.17, 15) is 4.79 Å². The van der Waals surface area contributed by atoms with E-state index in [4.69, 9.17) is 17.3 Å². The van der Waals surface area contributed by atoms with Gasteiger partial charge in [0.15, 0.2) is 0 Å². The summed E-state index contributed by atoms with van der Waals surface area (Å²) in [5.41, 5.74) is 6.41. The van der Waals surface area contributed by atoms with Gasteiger partial charge in [0.2, 0.25) is 0 Å². The molecule has 1 aromatic heterocycles. The van der Waals surface area contributed by atoms with Crippen molar-refractivity contribution in [2.75, 3.05) is 6.54 Å². The van der Waals surface area contributed by atoms with Crippen LogP contribution in [-0.4, -0.2) is 34.4 Å². The highest BCUT2D eigenvalue weighted by Gasteiger charge is 2.28. The van der Waals surface area contributed by atoms with Crippen molar-refractivity contribution in [2.24, 2.45) is 5.73 Å². The molecule has 0 bridgehead atoms. The fourth-order valence-corrected chi connectivity index (χ4v) is 2.32. The molecule has 0 spiro atoms. The second-order valence-corrected chi connectivity index (χ2v) is 4.80. The normalized spacial score (nSPS) is 25.8. The molecule has 2 atom stereocenters. The van der Waals surface area contributed by atoms with Gasteiger partial charge in [-0.05, 0) is 25.8 Å². The van der Waals surface area contributed by atoms with E-state index in [-0.39, 0.29) is 18.0 Å². The predicted octanol–water partition coefficient (Wildman–Crippen LogP) is 1.62. The summed E-state index contributed by atoms with van der Waals surface area (Å²) in [6, 6.07) is 2.06. The fourth-order valence-electron chi connectivity index (χ4n) is 2.16. The van der Waals surface area contributed by atoms with Crippen molar-refractivity contribution in [2.45, 2.75) is 31.8 Å². The molecule has 1 aliphatic heterocycles. The Morgan fingerprint density at radius 3 is 3.00 bits per heavy atom. The molecule has 0 radical (unpaired) electrons. The van der Waals surface area contributed by atoms with Crippen LogP contribution in [0.25, 0.3) is 0 Å². The molecule has 88 valence electrons. The van der Waals surface area contributed by atoms with Crippen LogP contribution in [0.5, 0.6) is 0 Å².